The fourth-order valence-electron chi connectivity index (χ4n) is 2.35. The molecule has 1 aromatic rings. The first-order valence-electron chi connectivity index (χ1n) is 7.16. The van der Waals surface area contributed by atoms with E-state index in [1.807, 2.05) is 0 Å². The lowest BCUT2D eigenvalue weighted by Gasteiger charge is -2.17. The van der Waals surface area contributed by atoms with Crippen molar-refractivity contribution >= 4 is 5.90 Å². The van der Waals surface area contributed by atoms with Gasteiger partial charge in [-0.3, -0.25) is 0 Å². The average Bonchev–Trinajstić information content (AvgIpc) is 2.90. The number of ether oxygens (including phenoxy) is 1. The van der Waals surface area contributed by atoms with Crippen LogP contribution in [0.15, 0.2) is 23.2 Å². The number of halogens is 2. The standard InChI is InChI=1S/C16H21F2NO/c1-4-10(2)11(3)16-19-12(9-20-16)8-13-14(17)6-5-7-15(13)18/h5-7,10-12H,4,8-9H2,1-3H3/t10-,11-,12-/m0/s1. The van der Waals surface area contributed by atoms with E-state index in [4.69, 9.17) is 4.74 Å². The van der Waals surface area contributed by atoms with Crippen LogP contribution in [0.5, 0.6) is 0 Å². The molecule has 20 heavy (non-hydrogen) atoms. The van der Waals surface area contributed by atoms with Gasteiger partial charge in [0.05, 0.1) is 6.04 Å². The second-order valence-corrected chi connectivity index (χ2v) is 5.51. The van der Waals surface area contributed by atoms with Gasteiger partial charge in [0.25, 0.3) is 0 Å². The van der Waals surface area contributed by atoms with E-state index in [1.165, 1.54) is 18.2 Å². The van der Waals surface area contributed by atoms with Gasteiger partial charge in [-0.25, -0.2) is 13.8 Å². The summed E-state index contributed by atoms with van der Waals surface area (Å²) in [6.07, 6.45) is 1.30. The minimum atomic E-state index is -0.511. The zero-order chi connectivity index (χ0) is 14.7. The summed E-state index contributed by atoms with van der Waals surface area (Å²) < 4.78 is 32.8. The second kappa shape index (κ2) is 6.33. The lowest BCUT2D eigenvalue weighted by Crippen LogP contribution is -2.18. The Kier molecular flexibility index (Phi) is 4.73. The molecular formula is C16H21F2NO. The van der Waals surface area contributed by atoms with Crippen molar-refractivity contribution in [3.8, 4) is 0 Å². The van der Waals surface area contributed by atoms with Crippen LogP contribution in [0, 0.1) is 23.5 Å². The molecule has 4 heteroatoms. The minimum absolute atomic E-state index is 0.0993. The Labute approximate surface area is 118 Å². The van der Waals surface area contributed by atoms with Crippen molar-refractivity contribution in [1.82, 2.24) is 0 Å². The summed E-state index contributed by atoms with van der Waals surface area (Å²) in [6, 6.07) is 3.74. The van der Waals surface area contributed by atoms with E-state index in [0.29, 0.717) is 12.5 Å². The quantitative estimate of drug-likeness (QED) is 0.799. The molecule has 1 aliphatic heterocycles. The van der Waals surface area contributed by atoms with Gasteiger partial charge < -0.3 is 4.74 Å². The third-order valence-corrected chi connectivity index (χ3v) is 4.12. The molecule has 0 unspecified atom stereocenters. The van der Waals surface area contributed by atoms with Crippen LogP contribution in [0.2, 0.25) is 0 Å². The summed E-state index contributed by atoms with van der Waals surface area (Å²) in [5.41, 5.74) is 0.0993. The highest BCUT2D eigenvalue weighted by atomic mass is 19.1. The Morgan fingerprint density at radius 3 is 2.55 bits per heavy atom. The predicted octanol–water partition coefficient (Wildman–Crippen LogP) is 3.99. The van der Waals surface area contributed by atoms with E-state index >= 15 is 0 Å². The molecule has 0 radical (unpaired) electrons. The Balaban J connectivity index is 2.07. The van der Waals surface area contributed by atoms with Gasteiger partial charge >= 0.3 is 0 Å². The summed E-state index contributed by atoms with van der Waals surface area (Å²) in [4.78, 5) is 4.50. The third-order valence-electron chi connectivity index (χ3n) is 4.12. The third kappa shape index (κ3) is 3.17. The van der Waals surface area contributed by atoms with Gasteiger partial charge in [0, 0.05) is 17.9 Å². The molecule has 3 atom stereocenters. The molecule has 1 aliphatic rings. The van der Waals surface area contributed by atoms with Crippen LogP contribution in [-0.4, -0.2) is 18.5 Å². The number of benzene rings is 1. The average molecular weight is 281 g/mol. The van der Waals surface area contributed by atoms with Crippen molar-refractivity contribution in [2.45, 2.75) is 39.7 Å². The lowest BCUT2D eigenvalue weighted by atomic mass is 9.93. The molecule has 110 valence electrons. The van der Waals surface area contributed by atoms with Gasteiger partial charge in [-0.05, 0) is 18.1 Å². The Bertz CT molecular complexity index is 481. The maximum Gasteiger partial charge on any atom is 0.186 e. The van der Waals surface area contributed by atoms with E-state index in [2.05, 4.69) is 25.8 Å². The van der Waals surface area contributed by atoms with Gasteiger partial charge in [-0.1, -0.05) is 33.3 Å². The molecule has 0 spiro atoms. The lowest BCUT2D eigenvalue weighted by molar-refractivity contribution is 0.282. The van der Waals surface area contributed by atoms with Crippen molar-refractivity contribution in [2.75, 3.05) is 6.61 Å². The molecule has 0 amide bonds. The van der Waals surface area contributed by atoms with Crippen molar-refractivity contribution in [3.05, 3.63) is 35.4 Å². The van der Waals surface area contributed by atoms with Crippen LogP contribution in [0.1, 0.15) is 32.8 Å². The summed E-state index contributed by atoms with van der Waals surface area (Å²) in [5.74, 6) is 0.432. The van der Waals surface area contributed by atoms with Gasteiger partial charge in [0.15, 0.2) is 5.90 Å². The first-order chi connectivity index (χ1) is 9.52. The molecule has 1 heterocycles. The van der Waals surface area contributed by atoms with Gasteiger partial charge in [0.2, 0.25) is 0 Å². The normalized spacial score (nSPS) is 21.2. The highest BCUT2D eigenvalue weighted by Crippen LogP contribution is 2.23. The van der Waals surface area contributed by atoms with Crippen molar-refractivity contribution < 1.29 is 13.5 Å². The van der Waals surface area contributed by atoms with E-state index in [9.17, 15) is 8.78 Å². The van der Waals surface area contributed by atoms with Crippen molar-refractivity contribution in [2.24, 2.45) is 16.8 Å². The zero-order valence-corrected chi connectivity index (χ0v) is 12.2. The van der Waals surface area contributed by atoms with Gasteiger partial charge in [-0.15, -0.1) is 0 Å². The Hall–Kier alpha value is -1.45. The smallest absolute Gasteiger partial charge is 0.186 e. The number of nitrogens with zero attached hydrogens (tertiary/aromatic N) is 1. The predicted molar refractivity (Wildman–Crippen MR) is 75.9 cm³/mol. The second-order valence-electron chi connectivity index (χ2n) is 5.51. The first kappa shape index (κ1) is 14.9. The fourth-order valence-corrected chi connectivity index (χ4v) is 2.35. The van der Waals surface area contributed by atoms with Crippen LogP contribution in [0.4, 0.5) is 8.78 Å². The summed E-state index contributed by atoms with van der Waals surface area (Å²) in [5, 5.41) is 0. The molecule has 0 saturated carbocycles. The molecule has 1 aromatic carbocycles. The molecule has 0 saturated heterocycles. The van der Waals surface area contributed by atoms with Crippen LogP contribution >= 0.6 is 0 Å². The molecular weight excluding hydrogens is 260 g/mol. The summed E-state index contributed by atoms with van der Waals surface area (Å²) in [6.45, 7) is 6.77. The fraction of sp³-hybridized carbons (Fsp3) is 0.562. The van der Waals surface area contributed by atoms with Crippen molar-refractivity contribution in [1.29, 1.82) is 0 Å². The van der Waals surface area contributed by atoms with Gasteiger partial charge in [0.1, 0.15) is 18.2 Å². The summed E-state index contributed by atoms with van der Waals surface area (Å²) >= 11 is 0. The van der Waals surface area contributed by atoms with Gasteiger partial charge in [-0.2, -0.15) is 0 Å². The van der Waals surface area contributed by atoms with E-state index in [-0.39, 0.29) is 23.9 Å². The first-order valence-corrected chi connectivity index (χ1v) is 7.16. The van der Waals surface area contributed by atoms with Crippen LogP contribution < -0.4 is 0 Å². The number of rotatable bonds is 5. The van der Waals surface area contributed by atoms with Crippen LogP contribution in [0.3, 0.4) is 0 Å². The highest BCUT2D eigenvalue weighted by Gasteiger charge is 2.27. The maximum atomic E-state index is 13.6. The number of hydrogen-bond donors (Lipinski definition) is 0. The topological polar surface area (TPSA) is 21.6 Å². The van der Waals surface area contributed by atoms with Crippen LogP contribution in [-0.2, 0) is 11.2 Å². The number of hydrogen-bond acceptors (Lipinski definition) is 2. The molecule has 0 aliphatic carbocycles. The zero-order valence-electron chi connectivity index (χ0n) is 12.2. The largest absolute Gasteiger partial charge is 0.478 e. The van der Waals surface area contributed by atoms with E-state index in [1.54, 1.807) is 0 Å². The Morgan fingerprint density at radius 2 is 1.95 bits per heavy atom. The van der Waals surface area contributed by atoms with E-state index < -0.39 is 11.6 Å². The monoisotopic (exact) mass is 281 g/mol. The Morgan fingerprint density at radius 1 is 1.30 bits per heavy atom. The molecule has 0 bridgehead atoms. The molecule has 0 N–H and O–H groups in total. The molecule has 0 fully saturated rings. The molecule has 2 rings (SSSR count). The van der Waals surface area contributed by atoms with Crippen LogP contribution in [0.25, 0.3) is 0 Å². The van der Waals surface area contributed by atoms with Crippen molar-refractivity contribution in [3.63, 3.8) is 0 Å². The number of aliphatic imine (C=N–C) groups is 1. The maximum absolute atomic E-state index is 13.6. The SMILES string of the molecule is CC[C@H](C)[C@H](C)C1=N[C@@H](Cc2c(F)cccc2F)CO1. The van der Waals surface area contributed by atoms with E-state index in [0.717, 1.165) is 12.3 Å². The molecule has 2 nitrogen and oxygen atoms in total. The molecule has 0 aromatic heterocycles. The minimum Gasteiger partial charge on any atom is -0.478 e. The highest BCUT2D eigenvalue weighted by molar-refractivity contribution is 5.80. The summed E-state index contributed by atoms with van der Waals surface area (Å²) in [7, 11) is 0.